The highest BCUT2D eigenvalue weighted by Crippen LogP contribution is 2.24. The molecular weight excluding hydrogens is 233 g/mol. The summed E-state index contributed by atoms with van der Waals surface area (Å²) in [6, 6.07) is 8.96. The monoisotopic (exact) mass is 241 g/mol. The van der Waals surface area contributed by atoms with Gasteiger partial charge in [-0.1, -0.05) is 18.2 Å². The van der Waals surface area contributed by atoms with E-state index in [1.807, 2.05) is 12.1 Å². The quantitative estimate of drug-likeness (QED) is 0.484. The number of fused-ring (bicyclic) bond motifs is 1. The van der Waals surface area contributed by atoms with Gasteiger partial charge in [-0.3, -0.25) is 0 Å². The summed E-state index contributed by atoms with van der Waals surface area (Å²) in [7, 11) is 0. The minimum absolute atomic E-state index is 0.0109. The molecular formula is C13H8FN3O. The average Bonchev–Trinajstić information content (AvgIpc) is 2.40. The van der Waals surface area contributed by atoms with Crippen molar-refractivity contribution in [3.8, 4) is 11.4 Å². The van der Waals surface area contributed by atoms with E-state index in [-0.39, 0.29) is 11.4 Å². The van der Waals surface area contributed by atoms with Crippen molar-refractivity contribution >= 4 is 10.8 Å². The van der Waals surface area contributed by atoms with Gasteiger partial charge in [-0.2, -0.15) is 4.73 Å². The van der Waals surface area contributed by atoms with E-state index >= 15 is 0 Å². The molecule has 0 fully saturated rings. The van der Waals surface area contributed by atoms with Crippen LogP contribution in [-0.4, -0.2) is 9.97 Å². The highest BCUT2D eigenvalue weighted by Gasteiger charge is 2.19. The van der Waals surface area contributed by atoms with Crippen molar-refractivity contribution in [2.24, 2.45) is 0 Å². The molecule has 2 aromatic heterocycles. The first-order valence-corrected chi connectivity index (χ1v) is 5.34. The van der Waals surface area contributed by atoms with Gasteiger partial charge in [0, 0.05) is 6.07 Å². The van der Waals surface area contributed by atoms with Gasteiger partial charge in [0.15, 0.2) is 17.7 Å². The van der Waals surface area contributed by atoms with Crippen LogP contribution in [0.15, 0.2) is 49.1 Å². The minimum atomic E-state index is -0.613. The molecule has 2 heterocycles. The summed E-state index contributed by atoms with van der Waals surface area (Å²) >= 11 is 0. The topological polar surface area (TPSA) is 52.7 Å². The van der Waals surface area contributed by atoms with Crippen molar-refractivity contribution in [2.75, 3.05) is 0 Å². The van der Waals surface area contributed by atoms with Gasteiger partial charge in [0.05, 0.1) is 11.6 Å². The zero-order valence-electron chi connectivity index (χ0n) is 9.25. The second-order valence-corrected chi connectivity index (χ2v) is 3.80. The predicted molar refractivity (Wildman–Crippen MR) is 63.9 cm³/mol. The van der Waals surface area contributed by atoms with E-state index in [9.17, 15) is 9.60 Å². The summed E-state index contributed by atoms with van der Waals surface area (Å²) in [6.07, 6.45) is 3.61. The van der Waals surface area contributed by atoms with E-state index in [4.69, 9.17) is 0 Å². The Morgan fingerprint density at radius 1 is 1.17 bits per heavy atom. The van der Waals surface area contributed by atoms with E-state index in [2.05, 4.69) is 9.97 Å². The lowest BCUT2D eigenvalue weighted by molar-refractivity contribution is -0.592. The Kier molecular flexibility index (Phi) is 2.37. The summed E-state index contributed by atoms with van der Waals surface area (Å²) < 4.78 is 14.3. The predicted octanol–water partition coefficient (Wildman–Crippen LogP) is 2.07. The van der Waals surface area contributed by atoms with Crippen molar-refractivity contribution in [2.45, 2.75) is 0 Å². The number of rotatable bonds is 1. The number of hydrogen-bond donors (Lipinski definition) is 0. The van der Waals surface area contributed by atoms with Gasteiger partial charge >= 0.3 is 0 Å². The third-order valence-corrected chi connectivity index (χ3v) is 2.72. The van der Waals surface area contributed by atoms with Crippen LogP contribution >= 0.6 is 0 Å². The Morgan fingerprint density at radius 2 is 2.00 bits per heavy atom. The van der Waals surface area contributed by atoms with E-state index < -0.39 is 5.82 Å². The molecule has 0 unspecified atom stereocenters. The highest BCUT2D eigenvalue weighted by molar-refractivity contribution is 5.92. The molecule has 0 bridgehead atoms. The van der Waals surface area contributed by atoms with Gasteiger partial charge < -0.3 is 5.21 Å². The van der Waals surface area contributed by atoms with Crippen LogP contribution in [0.4, 0.5) is 4.39 Å². The maximum absolute atomic E-state index is 13.7. The third kappa shape index (κ3) is 1.57. The average molecular weight is 241 g/mol. The molecule has 5 heteroatoms. The zero-order chi connectivity index (χ0) is 12.5. The molecule has 0 atom stereocenters. The molecule has 4 nitrogen and oxygen atoms in total. The molecule has 0 amide bonds. The number of aromatic nitrogens is 3. The lowest BCUT2D eigenvalue weighted by atomic mass is 10.1. The first-order chi connectivity index (χ1) is 8.77. The number of halogens is 1. The van der Waals surface area contributed by atoms with Crippen LogP contribution in [0.3, 0.4) is 0 Å². The fourth-order valence-electron chi connectivity index (χ4n) is 1.92. The van der Waals surface area contributed by atoms with E-state index in [1.54, 1.807) is 18.2 Å². The van der Waals surface area contributed by atoms with E-state index in [0.717, 1.165) is 11.6 Å². The van der Waals surface area contributed by atoms with Crippen LogP contribution < -0.4 is 4.73 Å². The molecule has 0 saturated carbocycles. The van der Waals surface area contributed by atoms with Crippen LogP contribution in [0.1, 0.15) is 0 Å². The molecule has 0 radical (unpaired) electrons. The van der Waals surface area contributed by atoms with Gasteiger partial charge in [-0.05, 0) is 11.5 Å². The third-order valence-electron chi connectivity index (χ3n) is 2.72. The van der Waals surface area contributed by atoms with Crippen LogP contribution in [-0.2, 0) is 0 Å². The second-order valence-electron chi connectivity index (χ2n) is 3.80. The number of nitrogens with zero attached hydrogens (tertiary/aromatic N) is 3. The van der Waals surface area contributed by atoms with Gasteiger partial charge in [-0.15, -0.1) is 0 Å². The van der Waals surface area contributed by atoms with Crippen LogP contribution in [0, 0.1) is 11.0 Å². The fourth-order valence-corrected chi connectivity index (χ4v) is 1.92. The van der Waals surface area contributed by atoms with Crippen molar-refractivity contribution in [1.29, 1.82) is 0 Å². The lowest BCUT2D eigenvalue weighted by Crippen LogP contribution is -2.29. The lowest BCUT2D eigenvalue weighted by Gasteiger charge is -2.07. The van der Waals surface area contributed by atoms with Gasteiger partial charge in [0.1, 0.15) is 6.33 Å². The summed E-state index contributed by atoms with van der Waals surface area (Å²) in [6.45, 7) is 0. The summed E-state index contributed by atoms with van der Waals surface area (Å²) in [5, 5.41) is 13.4. The molecule has 0 spiro atoms. The minimum Gasteiger partial charge on any atom is -0.618 e. The van der Waals surface area contributed by atoms with E-state index in [1.165, 1.54) is 12.5 Å². The maximum Gasteiger partial charge on any atom is 0.253 e. The summed E-state index contributed by atoms with van der Waals surface area (Å²) in [4.78, 5) is 7.44. The van der Waals surface area contributed by atoms with Crippen LogP contribution in [0.25, 0.3) is 22.2 Å². The first-order valence-electron chi connectivity index (χ1n) is 5.34. The molecule has 0 aliphatic heterocycles. The van der Waals surface area contributed by atoms with Crippen molar-refractivity contribution in [1.82, 2.24) is 9.97 Å². The molecule has 3 rings (SSSR count). The Hall–Kier alpha value is -2.56. The summed E-state index contributed by atoms with van der Waals surface area (Å²) in [5.74, 6) is -0.613. The Balaban J connectivity index is 2.42. The fraction of sp³-hybridized carbons (Fsp3) is 0. The normalized spacial score (nSPS) is 10.7. The van der Waals surface area contributed by atoms with E-state index in [0.29, 0.717) is 10.1 Å². The number of pyridine rings is 1. The molecule has 18 heavy (non-hydrogen) atoms. The molecule has 0 N–H and O–H groups in total. The standard InChI is InChI=1S/C13H8FN3O/c14-11-7-15-8-16-12(11)13-10-4-2-1-3-9(10)5-6-17(13)18/h1-8H. The SMILES string of the molecule is [O-][n+]1ccc2ccccc2c1-c1ncncc1F. The molecule has 0 saturated heterocycles. The maximum atomic E-state index is 13.7. The van der Waals surface area contributed by atoms with Gasteiger partial charge in [-0.25, -0.2) is 14.4 Å². The van der Waals surface area contributed by atoms with Crippen molar-refractivity contribution < 1.29 is 9.12 Å². The summed E-state index contributed by atoms with van der Waals surface area (Å²) in [5.41, 5.74) is 0.213. The van der Waals surface area contributed by atoms with Crippen molar-refractivity contribution in [3.63, 3.8) is 0 Å². The van der Waals surface area contributed by atoms with Crippen LogP contribution in [0.5, 0.6) is 0 Å². The van der Waals surface area contributed by atoms with Gasteiger partial charge in [0.25, 0.3) is 5.69 Å². The number of benzene rings is 1. The Morgan fingerprint density at radius 3 is 2.83 bits per heavy atom. The largest absolute Gasteiger partial charge is 0.618 e. The molecule has 3 aromatic rings. The number of hydrogen-bond acceptors (Lipinski definition) is 3. The highest BCUT2D eigenvalue weighted by atomic mass is 19.1. The first kappa shape index (κ1) is 10.6. The second kappa shape index (κ2) is 4.03. The Bertz CT molecular complexity index is 730. The van der Waals surface area contributed by atoms with Gasteiger partial charge in [0.2, 0.25) is 0 Å². The molecule has 0 aliphatic carbocycles. The van der Waals surface area contributed by atoms with Crippen LogP contribution in [0.2, 0.25) is 0 Å². The zero-order valence-corrected chi connectivity index (χ0v) is 9.25. The molecule has 0 aliphatic rings. The Labute approximate surface area is 102 Å². The molecule has 88 valence electrons. The smallest absolute Gasteiger partial charge is 0.253 e. The van der Waals surface area contributed by atoms with Crippen molar-refractivity contribution in [3.05, 3.63) is 60.1 Å². The molecule has 1 aromatic carbocycles.